The molecule has 0 atom stereocenters. The average molecular weight is 140 g/mol. The molecule has 1 aliphatic rings. The molecule has 31 valence electrons. The van der Waals surface area contributed by atoms with Crippen molar-refractivity contribution in [2.45, 2.75) is 6.42 Å². The van der Waals surface area contributed by atoms with Crippen LogP contribution in [0.15, 0.2) is 22.6 Å². The van der Waals surface area contributed by atoms with Gasteiger partial charge in [0.25, 0.3) is 0 Å². The third kappa shape index (κ3) is 0.745. The summed E-state index contributed by atoms with van der Waals surface area (Å²) in [6, 6.07) is 0. The van der Waals surface area contributed by atoms with Crippen molar-refractivity contribution in [3.63, 3.8) is 0 Å². The van der Waals surface area contributed by atoms with Crippen molar-refractivity contribution < 1.29 is 0 Å². The topological polar surface area (TPSA) is 0 Å². The van der Waals surface area contributed by atoms with Crippen molar-refractivity contribution in [1.29, 1.82) is 0 Å². The third-order valence-electron chi connectivity index (χ3n) is 0.848. The molecule has 0 nitrogen and oxygen atoms in total. The van der Waals surface area contributed by atoms with Crippen LogP contribution < -0.4 is 0 Å². The molecule has 6 heavy (non-hydrogen) atoms. The predicted molar refractivity (Wildman–Crippen MR) is 30.4 cm³/mol. The van der Waals surface area contributed by atoms with Crippen molar-refractivity contribution in [2.75, 3.05) is 0 Å². The number of allylic oxidation sites excluding steroid dienone is 4. The molecular weight excluding hydrogens is 133 g/mol. The minimum absolute atomic E-state index is 1.22. The van der Waals surface area contributed by atoms with Crippen LogP contribution in [0.4, 0.5) is 0 Å². The molecule has 1 rings (SSSR count). The first-order valence-electron chi connectivity index (χ1n) is 2.07. The SMILES string of the molecule is [GeH2][C]1=CC=CC1. The normalized spacial score (nSPS) is 18.5. The Labute approximate surface area is 46.2 Å². The Balaban J connectivity index is 2.61. The van der Waals surface area contributed by atoms with Crippen molar-refractivity contribution in [1.82, 2.24) is 0 Å². The molecule has 0 fully saturated rings. The summed E-state index contributed by atoms with van der Waals surface area (Å²) in [5.74, 6) is 0. The van der Waals surface area contributed by atoms with Crippen LogP contribution >= 0.6 is 0 Å². The molecule has 0 saturated heterocycles. The summed E-state index contributed by atoms with van der Waals surface area (Å²) in [4.78, 5) is 0. The first-order chi connectivity index (χ1) is 2.89. The zero-order chi connectivity index (χ0) is 4.41. The predicted octanol–water partition coefficient (Wildman–Crippen LogP) is 0.463. The molecule has 0 bridgehead atoms. The summed E-state index contributed by atoms with van der Waals surface area (Å²) in [6.07, 6.45) is 7.73. The summed E-state index contributed by atoms with van der Waals surface area (Å²) in [5, 5.41) is 0. The molecule has 0 aromatic carbocycles. The van der Waals surface area contributed by atoms with Crippen molar-refractivity contribution in [2.24, 2.45) is 0 Å². The number of rotatable bonds is 0. The molecule has 1 radical (unpaired) electrons. The Morgan fingerprint density at radius 1 is 1.67 bits per heavy atom. The Hall–Kier alpha value is 0.0229. The van der Waals surface area contributed by atoms with Gasteiger partial charge in [0.05, 0.1) is 0 Å². The molecule has 0 aromatic rings. The maximum atomic E-state index is 2.19. The van der Waals surface area contributed by atoms with E-state index in [0.717, 1.165) is 0 Å². The van der Waals surface area contributed by atoms with Gasteiger partial charge in [-0.15, -0.1) is 0 Å². The fraction of sp³-hybridized carbons (Fsp3) is 0.200. The summed E-state index contributed by atoms with van der Waals surface area (Å²) in [6.45, 7) is 0. The van der Waals surface area contributed by atoms with Gasteiger partial charge in [-0.3, -0.25) is 0 Å². The molecule has 0 aromatic heterocycles. The quantitative estimate of drug-likeness (QED) is 0.428. The van der Waals surface area contributed by atoms with Gasteiger partial charge in [-0.05, 0) is 0 Å². The molecule has 0 unspecified atom stereocenters. The van der Waals surface area contributed by atoms with E-state index < -0.39 is 0 Å². The van der Waals surface area contributed by atoms with E-state index in [0.29, 0.717) is 0 Å². The summed E-state index contributed by atoms with van der Waals surface area (Å²) in [7, 11) is 0. The van der Waals surface area contributed by atoms with Crippen LogP contribution in [0.3, 0.4) is 0 Å². The number of hydrogen-bond acceptors (Lipinski definition) is 0. The van der Waals surface area contributed by atoms with Crippen molar-refractivity contribution >= 4 is 16.5 Å². The molecule has 0 heterocycles. The summed E-state index contributed by atoms with van der Waals surface area (Å²) >= 11 is 1.34. The van der Waals surface area contributed by atoms with E-state index in [1.165, 1.54) is 22.9 Å². The van der Waals surface area contributed by atoms with Gasteiger partial charge in [0.2, 0.25) is 0 Å². The van der Waals surface area contributed by atoms with Gasteiger partial charge >= 0.3 is 45.6 Å². The molecular formula is C5H7Ge. The summed E-state index contributed by atoms with van der Waals surface area (Å²) < 4.78 is 1.59. The molecule has 0 N–H and O–H groups in total. The Morgan fingerprint density at radius 2 is 2.50 bits per heavy atom. The summed E-state index contributed by atoms with van der Waals surface area (Å²) in [5.41, 5.74) is 0. The van der Waals surface area contributed by atoms with Crippen LogP contribution in [-0.2, 0) is 0 Å². The Kier molecular flexibility index (Phi) is 1.15. The van der Waals surface area contributed by atoms with Crippen LogP contribution in [-0.4, -0.2) is 16.5 Å². The van der Waals surface area contributed by atoms with Gasteiger partial charge in [-0.25, -0.2) is 0 Å². The first kappa shape index (κ1) is 4.19. The molecule has 1 aliphatic carbocycles. The van der Waals surface area contributed by atoms with Crippen LogP contribution in [0.1, 0.15) is 6.42 Å². The molecule has 0 saturated carbocycles. The van der Waals surface area contributed by atoms with Crippen molar-refractivity contribution in [3.8, 4) is 0 Å². The Bertz CT molecular complexity index is 101. The van der Waals surface area contributed by atoms with E-state index >= 15 is 0 Å². The molecule has 0 spiro atoms. The van der Waals surface area contributed by atoms with E-state index in [1.807, 2.05) is 0 Å². The standard InChI is InChI=1S/C5H7Ge/c6-5-3-1-2-4-5/h1-3H,4,6H2. The van der Waals surface area contributed by atoms with Gasteiger partial charge < -0.3 is 0 Å². The maximum absolute atomic E-state index is 2.19. The first-order valence-corrected chi connectivity index (χ1v) is 3.55. The van der Waals surface area contributed by atoms with E-state index in [2.05, 4.69) is 18.2 Å². The van der Waals surface area contributed by atoms with Gasteiger partial charge in [-0.2, -0.15) is 0 Å². The van der Waals surface area contributed by atoms with E-state index in [1.54, 1.807) is 4.41 Å². The van der Waals surface area contributed by atoms with Gasteiger partial charge in [0, 0.05) is 0 Å². The van der Waals surface area contributed by atoms with E-state index in [4.69, 9.17) is 0 Å². The van der Waals surface area contributed by atoms with Crippen LogP contribution in [0, 0.1) is 0 Å². The molecule has 0 amide bonds. The molecule has 0 aliphatic heterocycles. The van der Waals surface area contributed by atoms with Crippen molar-refractivity contribution in [3.05, 3.63) is 22.6 Å². The molecule has 1 heteroatoms. The zero-order valence-electron chi connectivity index (χ0n) is 3.65. The zero-order valence-corrected chi connectivity index (χ0v) is 6.61. The Morgan fingerprint density at radius 3 is 2.67 bits per heavy atom. The second-order valence-corrected chi connectivity index (χ2v) is 3.36. The minimum atomic E-state index is 1.22. The number of hydrogen-bond donors (Lipinski definition) is 0. The second kappa shape index (κ2) is 1.65. The third-order valence-corrected chi connectivity index (χ3v) is 1.95. The van der Waals surface area contributed by atoms with E-state index in [9.17, 15) is 0 Å². The average Bonchev–Trinajstić information content (AvgIpc) is 1.86. The van der Waals surface area contributed by atoms with E-state index in [-0.39, 0.29) is 0 Å². The van der Waals surface area contributed by atoms with Crippen LogP contribution in [0.25, 0.3) is 0 Å². The fourth-order valence-corrected chi connectivity index (χ4v) is 1.13. The second-order valence-electron chi connectivity index (χ2n) is 1.46. The van der Waals surface area contributed by atoms with Gasteiger partial charge in [0.15, 0.2) is 0 Å². The van der Waals surface area contributed by atoms with Crippen LogP contribution in [0.2, 0.25) is 0 Å². The monoisotopic (exact) mass is 141 g/mol. The fourth-order valence-electron chi connectivity index (χ4n) is 0.492. The van der Waals surface area contributed by atoms with Gasteiger partial charge in [-0.1, -0.05) is 0 Å². The van der Waals surface area contributed by atoms with Crippen LogP contribution in [0.5, 0.6) is 0 Å². The van der Waals surface area contributed by atoms with Gasteiger partial charge in [0.1, 0.15) is 0 Å².